The number of halogens is 1. The van der Waals surface area contributed by atoms with E-state index in [1.807, 2.05) is 24.6 Å². The number of rotatable bonds is 9. The number of aryl methyl sites for hydroxylation is 1. The molecular formula is C21H33IN6O3S. The average molecular weight is 577 g/mol. The van der Waals surface area contributed by atoms with Crippen molar-refractivity contribution < 1.29 is 13.2 Å². The summed E-state index contributed by atoms with van der Waals surface area (Å²) in [4.78, 5) is 9.38. The van der Waals surface area contributed by atoms with Gasteiger partial charge in [-0.1, -0.05) is 25.1 Å². The Kier molecular flexibility index (Phi) is 10.4. The minimum absolute atomic E-state index is 0. The second-order valence-corrected chi connectivity index (χ2v) is 9.64. The average Bonchev–Trinajstić information content (AvgIpc) is 3.16. The molecule has 2 heterocycles. The highest BCUT2D eigenvalue weighted by Gasteiger charge is 2.25. The van der Waals surface area contributed by atoms with Crippen molar-refractivity contribution in [2.45, 2.75) is 63.2 Å². The van der Waals surface area contributed by atoms with Gasteiger partial charge in [0, 0.05) is 32.2 Å². The van der Waals surface area contributed by atoms with Crippen LogP contribution in [0.25, 0.3) is 0 Å². The lowest BCUT2D eigenvalue weighted by atomic mass is 10.1. The maximum Gasteiger partial charge on any atom is 0.191 e. The molecule has 1 aliphatic rings. The zero-order chi connectivity index (χ0) is 22.3. The molecule has 2 atom stereocenters. The number of nitrogens with one attached hydrogen (secondary N) is 2. The quantitative estimate of drug-likeness (QED) is 0.268. The third-order valence-electron chi connectivity index (χ3n) is 5.19. The first-order chi connectivity index (χ1) is 14.9. The third kappa shape index (κ3) is 7.14. The summed E-state index contributed by atoms with van der Waals surface area (Å²) in [5.41, 5.74) is 0. The van der Waals surface area contributed by atoms with Crippen LogP contribution in [0.3, 0.4) is 0 Å². The van der Waals surface area contributed by atoms with Gasteiger partial charge in [0.1, 0.15) is 12.4 Å². The molecule has 11 heteroatoms. The molecule has 9 nitrogen and oxygen atoms in total. The van der Waals surface area contributed by atoms with Crippen molar-refractivity contribution >= 4 is 39.8 Å². The number of aromatic nitrogens is 3. The van der Waals surface area contributed by atoms with Crippen molar-refractivity contribution in [2.24, 2.45) is 4.99 Å². The van der Waals surface area contributed by atoms with Crippen LogP contribution in [0.15, 0.2) is 40.2 Å². The van der Waals surface area contributed by atoms with Crippen LogP contribution in [0.4, 0.5) is 0 Å². The summed E-state index contributed by atoms with van der Waals surface area (Å²) >= 11 is 0. The van der Waals surface area contributed by atoms with Gasteiger partial charge in [-0.2, -0.15) is 5.10 Å². The second kappa shape index (κ2) is 12.5. The van der Waals surface area contributed by atoms with Gasteiger partial charge in [-0.05, 0) is 31.9 Å². The standard InChI is InChI=1S/C21H32N6O3S.HI/c1-4-16(15-31(28,29)18-9-7-6-8-10-18)23-21(22-5-2)24-17-11-12-20-25-19(14-30-3)26-27(20)13-17;/h6-10,16-17H,4-5,11-15H2,1-3H3,(H2,22,23,24);1H. The van der Waals surface area contributed by atoms with Crippen LogP contribution in [0.5, 0.6) is 0 Å². The molecule has 2 unspecified atom stereocenters. The van der Waals surface area contributed by atoms with Crippen molar-refractivity contribution in [1.82, 2.24) is 25.4 Å². The Morgan fingerprint density at radius 2 is 2.06 bits per heavy atom. The summed E-state index contributed by atoms with van der Waals surface area (Å²) in [6.45, 7) is 5.60. The van der Waals surface area contributed by atoms with E-state index in [1.54, 1.807) is 31.4 Å². The number of nitrogens with zero attached hydrogens (tertiary/aromatic N) is 4. The molecule has 1 aliphatic heterocycles. The smallest absolute Gasteiger partial charge is 0.191 e. The molecule has 0 bridgehead atoms. The van der Waals surface area contributed by atoms with Gasteiger partial charge in [-0.25, -0.2) is 18.1 Å². The zero-order valence-corrected chi connectivity index (χ0v) is 22.0. The van der Waals surface area contributed by atoms with Gasteiger partial charge in [0.2, 0.25) is 0 Å². The SMILES string of the molecule is CCN=C(NC1CCc2nc(COC)nn2C1)NC(CC)CS(=O)(=O)c1ccccc1.I. The molecule has 178 valence electrons. The number of guanidine groups is 1. The van der Waals surface area contributed by atoms with Crippen LogP contribution in [-0.4, -0.2) is 60.6 Å². The lowest BCUT2D eigenvalue weighted by Crippen LogP contribution is -2.51. The Morgan fingerprint density at radius 1 is 1.31 bits per heavy atom. The van der Waals surface area contributed by atoms with Gasteiger partial charge in [-0.3, -0.25) is 4.99 Å². The molecular weight excluding hydrogens is 543 g/mol. The van der Waals surface area contributed by atoms with Crippen LogP contribution >= 0.6 is 24.0 Å². The number of benzene rings is 1. The van der Waals surface area contributed by atoms with Crippen LogP contribution < -0.4 is 10.6 Å². The fourth-order valence-electron chi connectivity index (χ4n) is 3.60. The number of aliphatic imine (C=N–C) groups is 1. The maximum absolute atomic E-state index is 12.8. The Bertz CT molecular complexity index is 981. The fraction of sp³-hybridized carbons (Fsp3) is 0.571. The molecule has 32 heavy (non-hydrogen) atoms. The van der Waals surface area contributed by atoms with E-state index in [4.69, 9.17) is 4.74 Å². The van der Waals surface area contributed by atoms with Crippen molar-refractivity contribution in [1.29, 1.82) is 0 Å². The number of hydrogen-bond donors (Lipinski definition) is 2. The molecule has 2 N–H and O–H groups in total. The van der Waals surface area contributed by atoms with Gasteiger partial charge in [0.05, 0.1) is 17.2 Å². The molecule has 0 amide bonds. The molecule has 0 spiro atoms. The number of hydrogen-bond acceptors (Lipinski definition) is 6. The van der Waals surface area contributed by atoms with Crippen LogP contribution in [0.2, 0.25) is 0 Å². The first-order valence-electron chi connectivity index (χ1n) is 10.7. The third-order valence-corrected chi connectivity index (χ3v) is 7.02. The van der Waals surface area contributed by atoms with E-state index >= 15 is 0 Å². The molecule has 0 fully saturated rings. The fourth-order valence-corrected chi connectivity index (χ4v) is 5.21. The minimum Gasteiger partial charge on any atom is -0.377 e. The van der Waals surface area contributed by atoms with Crippen molar-refractivity contribution in [3.63, 3.8) is 0 Å². The summed E-state index contributed by atoms with van der Waals surface area (Å²) in [5, 5.41) is 11.3. The monoisotopic (exact) mass is 576 g/mol. The molecule has 1 aromatic heterocycles. The molecule has 0 aliphatic carbocycles. The van der Waals surface area contributed by atoms with Crippen molar-refractivity contribution in [3.05, 3.63) is 42.0 Å². The lowest BCUT2D eigenvalue weighted by molar-refractivity contribution is 0.177. The van der Waals surface area contributed by atoms with Gasteiger partial charge < -0.3 is 15.4 Å². The topological polar surface area (TPSA) is 110 Å². The van der Waals surface area contributed by atoms with Crippen molar-refractivity contribution in [2.75, 3.05) is 19.4 Å². The highest BCUT2D eigenvalue weighted by Crippen LogP contribution is 2.15. The summed E-state index contributed by atoms with van der Waals surface area (Å²) < 4.78 is 32.6. The highest BCUT2D eigenvalue weighted by atomic mass is 127. The van der Waals surface area contributed by atoms with E-state index in [0.29, 0.717) is 42.8 Å². The largest absolute Gasteiger partial charge is 0.377 e. The Labute approximate surface area is 207 Å². The highest BCUT2D eigenvalue weighted by molar-refractivity contribution is 14.0. The maximum atomic E-state index is 12.8. The number of ether oxygens (including phenoxy) is 1. The summed E-state index contributed by atoms with van der Waals surface area (Å²) in [6.07, 6.45) is 2.37. The summed E-state index contributed by atoms with van der Waals surface area (Å²) in [5.74, 6) is 2.29. The van der Waals surface area contributed by atoms with Gasteiger partial charge in [0.15, 0.2) is 21.6 Å². The normalized spacial score (nSPS) is 17.2. The first-order valence-corrected chi connectivity index (χ1v) is 12.4. The van der Waals surface area contributed by atoms with Crippen LogP contribution in [-0.2, 0) is 34.1 Å². The van der Waals surface area contributed by atoms with Gasteiger partial charge >= 0.3 is 0 Å². The van der Waals surface area contributed by atoms with Crippen LogP contribution in [0, 0.1) is 0 Å². The molecule has 1 aromatic carbocycles. The summed E-state index contributed by atoms with van der Waals surface area (Å²) in [6, 6.07) is 8.45. The predicted octanol–water partition coefficient (Wildman–Crippen LogP) is 2.16. The van der Waals surface area contributed by atoms with Crippen molar-refractivity contribution in [3.8, 4) is 0 Å². The molecule has 2 aromatic rings. The zero-order valence-electron chi connectivity index (χ0n) is 18.8. The van der Waals surface area contributed by atoms with E-state index in [0.717, 1.165) is 18.7 Å². The van der Waals surface area contributed by atoms with E-state index in [9.17, 15) is 8.42 Å². The van der Waals surface area contributed by atoms with Gasteiger partial charge in [0.25, 0.3) is 0 Å². The second-order valence-electron chi connectivity index (χ2n) is 7.61. The minimum atomic E-state index is -3.39. The Balaban J connectivity index is 0.00000363. The molecule has 0 radical (unpaired) electrons. The van der Waals surface area contributed by atoms with E-state index in [-0.39, 0.29) is 41.8 Å². The van der Waals surface area contributed by atoms with E-state index in [2.05, 4.69) is 25.7 Å². The van der Waals surface area contributed by atoms with Gasteiger partial charge in [-0.15, -0.1) is 24.0 Å². The predicted molar refractivity (Wildman–Crippen MR) is 135 cm³/mol. The van der Waals surface area contributed by atoms with E-state index < -0.39 is 9.84 Å². The lowest BCUT2D eigenvalue weighted by Gasteiger charge is -2.27. The Hall–Kier alpha value is -1.73. The van der Waals surface area contributed by atoms with Crippen LogP contribution in [0.1, 0.15) is 38.3 Å². The molecule has 0 saturated carbocycles. The Morgan fingerprint density at radius 3 is 2.72 bits per heavy atom. The first kappa shape index (κ1) is 26.5. The molecule has 0 saturated heterocycles. The number of fused-ring (bicyclic) bond motifs is 1. The summed E-state index contributed by atoms with van der Waals surface area (Å²) in [7, 11) is -1.76. The molecule has 3 rings (SSSR count). The number of methoxy groups -OCH3 is 1. The van der Waals surface area contributed by atoms with E-state index in [1.165, 1.54) is 0 Å². The number of sulfone groups is 1.